The van der Waals surface area contributed by atoms with E-state index in [1.54, 1.807) is 23.5 Å². The van der Waals surface area contributed by atoms with Crippen molar-refractivity contribution < 1.29 is 17.9 Å². The van der Waals surface area contributed by atoms with Crippen LogP contribution in [0, 0.1) is 0 Å². The molecule has 0 spiro atoms. The summed E-state index contributed by atoms with van der Waals surface area (Å²) in [7, 11) is -1.70. The average molecular weight is 413 g/mol. The Bertz CT molecular complexity index is 556. The van der Waals surface area contributed by atoms with Gasteiger partial charge in [-0.2, -0.15) is 4.31 Å². The zero-order valence-corrected chi connectivity index (χ0v) is 15.8. The molecule has 1 fully saturated rings. The number of hydrogen-bond acceptors (Lipinski definition) is 6. The molecule has 6 nitrogen and oxygen atoms in total. The first-order valence-corrected chi connectivity index (χ1v) is 10.1. The number of piperazine rings is 1. The lowest BCUT2D eigenvalue weighted by Crippen LogP contribution is -2.49. The third-order valence-electron chi connectivity index (χ3n) is 3.46. The first-order valence-electron chi connectivity index (χ1n) is 7.08. The maximum Gasteiger partial charge on any atom is 0.252 e. The quantitative estimate of drug-likeness (QED) is 0.605. The van der Waals surface area contributed by atoms with E-state index >= 15 is 0 Å². The Kier molecular flexibility index (Phi) is 7.26. The molecule has 0 aliphatic carbocycles. The number of sulfonamides is 1. The van der Waals surface area contributed by atoms with E-state index in [0.29, 0.717) is 37.1 Å². The van der Waals surface area contributed by atoms with Crippen LogP contribution in [0.25, 0.3) is 0 Å². The average Bonchev–Trinajstić information content (AvgIpc) is 2.95. The molecule has 1 aliphatic rings. The van der Waals surface area contributed by atoms with Gasteiger partial charge in [0.1, 0.15) is 4.21 Å². The normalized spacial score (nSPS) is 17.9. The Morgan fingerprint density at radius 2 is 1.91 bits per heavy atom. The van der Waals surface area contributed by atoms with Crippen molar-refractivity contribution in [1.82, 2.24) is 9.21 Å². The molecule has 9 heteroatoms. The summed E-state index contributed by atoms with van der Waals surface area (Å²) in [5.74, 6) is 0. The highest BCUT2D eigenvalue weighted by molar-refractivity contribution is 9.11. The second kappa shape index (κ2) is 8.72. The van der Waals surface area contributed by atoms with Crippen LogP contribution in [-0.2, 0) is 19.5 Å². The first-order chi connectivity index (χ1) is 10.5. The number of halogens is 1. The summed E-state index contributed by atoms with van der Waals surface area (Å²) in [6.45, 7) is 5.18. The second-order valence-electron chi connectivity index (χ2n) is 4.91. The molecule has 2 heterocycles. The topological polar surface area (TPSA) is 59.1 Å². The lowest BCUT2D eigenvalue weighted by Gasteiger charge is -2.33. The van der Waals surface area contributed by atoms with Crippen LogP contribution in [0.2, 0.25) is 0 Å². The monoisotopic (exact) mass is 412 g/mol. The summed E-state index contributed by atoms with van der Waals surface area (Å²) < 4.78 is 38.1. The molecular weight excluding hydrogens is 392 g/mol. The van der Waals surface area contributed by atoms with E-state index < -0.39 is 10.0 Å². The van der Waals surface area contributed by atoms with Crippen LogP contribution in [0.5, 0.6) is 0 Å². The summed E-state index contributed by atoms with van der Waals surface area (Å²) in [5, 5.41) is 0. The first kappa shape index (κ1) is 18.3. The lowest BCUT2D eigenvalue weighted by molar-refractivity contribution is 0.0520. The van der Waals surface area contributed by atoms with Crippen LogP contribution in [0.1, 0.15) is 0 Å². The van der Waals surface area contributed by atoms with E-state index in [0.717, 1.165) is 23.4 Å². The van der Waals surface area contributed by atoms with Crippen LogP contribution in [0.4, 0.5) is 0 Å². The van der Waals surface area contributed by atoms with E-state index in [2.05, 4.69) is 20.8 Å². The molecule has 1 aromatic heterocycles. The zero-order valence-electron chi connectivity index (χ0n) is 12.5. The van der Waals surface area contributed by atoms with E-state index in [-0.39, 0.29) is 0 Å². The number of methoxy groups -OCH3 is 1. The van der Waals surface area contributed by atoms with Crippen molar-refractivity contribution in [3.8, 4) is 0 Å². The molecule has 0 amide bonds. The summed E-state index contributed by atoms with van der Waals surface area (Å²) in [5.41, 5.74) is 0. The molecule has 126 valence electrons. The Hall–Kier alpha value is -0.0300. The van der Waals surface area contributed by atoms with E-state index in [1.807, 2.05) is 0 Å². The Morgan fingerprint density at radius 3 is 2.50 bits per heavy atom. The van der Waals surface area contributed by atoms with Crippen molar-refractivity contribution in [3.05, 3.63) is 15.9 Å². The fourth-order valence-electron chi connectivity index (χ4n) is 2.20. The third kappa shape index (κ3) is 4.98. The van der Waals surface area contributed by atoms with Crippen molar-refractivity contribution in [1.29, 1.82) is 0 Å². The number of ether oxygens (including phenoxy) is 2. The molecule has 0 saturated carbocycles. The van der Waals surface area contributed by atoms with Crippen LogP contribution in [-0.4, -0.2) is 77.3 Å². The minimum absolute atomic E-state index is 0.399. The highest BCUT2D eigenvalue weighted by atomic mass is 79.9. The predicted molar refractivity (Wildman–Crippen MR) is 89.9 cm³/mol. The maximum absolute atomic E-state index is 12.5. The van der Waals surface area contributed by atoms with Gasteiger partial charge in [-0.25, -0.2) is 8.42 Å². The number of rotatable bonds is 8. The van der Waals surface area contributed by atoms with E-state index in [1.165, 1.54) is 11.3 Å². The molecule has 1 saturated heterocycles. The van der Waals surface area contributed by atoms with Gasteiger partial charge in [-0.15, -0.1) is 11.3 Å². The van der Waals surface area contributed by atoms with Crippen LogP contribution >= 0.6 is 27.3 Å². The number of hydrogen-bond donors (Lipinski definition) is 0. The highest BCUT2D eigenvalue weighted by Gasteiger charge is 2.29. The van der Waals surface area contributed by atoms with Gasteiger partial charge in [0.25, 0.3) is 10.0 Å². The molecule has 0 N–H and O–H groups in total. The summed E-state index contributed by atoms with van der Waals surface area (Å²) in [6, 6.07) is 3.42. The van der Waals surface area contributed by atoms with Crippen LogP contribution in [0.3, 0.4) is 0 Å². The van der Waals surface area contributed by atoms with Gasteiger partial charge in [-0.3, -0.25) is 4.90 Å². The predicted octanol–water partition coefficient (Wildman–Crippen LogP) is 1.48. The summed E-state index contributed by atoms with van der Waals surface area (Å²) >= 11 is 4.56. The van der Waals surface area contributed by atoms with Gasteiger partial charge in [0, 0.05) is 39.8 Å². The maximum atomic E-state index is 12.5. The Balaban J connectivity index is 1.77. The zero-order chi connectivity index (χ0) is 16.0. The molecule has 0 bridgehead atoms. The standard InChI is InChI=1S/C13H21BrN2O4S2/c1-19-10-11-20-9-8-15-4-6-16(7-5-15)22(17,18)13-3-2-12(14)21-13/h2-3H,4-11H2,1H3. The minimum Gasteiger partial charge on any atom is -0.382 e. The fraction of sp³-hybridized carbons (Fsp3) is 0.692. The second-order valence-corrected chi connectivity index (χ2v) is 9.54. The summed E-state index contributed by atoms with van der Waals surface area (Å²) in [6.07, 6.45) is 0. The molecule has 22 heavy (non-hydrogen) atoms. The smallest absolute Gasteiger partial charge is 0.252 e. The molecule has 0 atom stereocenters. The molecular formula is C13H21BrN2O4S2. The largest absolute Gasteiger partial charge is 0.382 e. The highest BCUT2D eigenvalue weighted by Crippen LogP contribution is 2.28. The van der Waals surface area contributed by atoms with Gasteiger partial charge in [0.15, 0.2) is 0 Å². The molecule has 0 unspecified atom stereocenters. The summed E-state index contributed by atoms with van der Waals surface area (Å²) in [4.78, 5) is 2.23. The van der Waals surface area contributed by atoms with Crippen molar-refractivity contribution >= 4 is 37.3 Å². The van der Waals surface area contributed by atoms with Gasteiger partial charge in [-0.05, 0) is 28.1 Å². The SMILES string of the molecule is COCCOCCN1CCN(S(=O)(=O)c2ccc(Br)s2)CC1. The van der Waals surface area contributed by atoms with Crippen molar-refractivity contribution in [3.63, 3.8) is 0 Å². The Labute approximate surface area is 144 Å². The van der Waals surface area contributed by atoms with E-state index in [4.69, 9.17) is 9.47 Å². The molecule has 1 aromatic rings. The fourth-order valence-corrected chi connectivity index (χ4v) is 5.78. The number of nitrogens with zero attached hydrogens (tertiary/aromatic N) is 2. The van der Waals surface area contributed by atoms with E-state index in [9.17, 15) is 8.42 Å². The number of thiophene rings is 1. The van der Waals surface area contributed by atoms with Crippen molar-refractivity contribution in [2.45, 2.75) is 4.21 Å². The lowest BCUT2D eigenvalue weighted by atomic mass is 10.3. The minimum atomic E-state index is -3.35. The molecule has 2 rings (SSSR count). The van der Waals surface area contributed by atoms with Gasteiger partial charge in [-0.1, -0.05) is 0 Å². The van der Waals surface area contributed by atoms with Gasteiger partial charge in [0.2, 0.25) is 0 Å². The van der Waals surface area contributed by atoms with Crippen molar-refractivity contribution in [2.75, 3.05) is 59.7 Å². The third-order valence-corrected chi connectivity index (χ3v) is 7.45. The molecule has 1 aliphatic heterocycles. The van der Waals surface area contributed by atoms with Gasteiger partial charge in [0.05, 0.1) is 23.6 Å². The van der Waals surface area contributed by atoms with Crippen LogP contribution < -0.4 is 0 Å². The Morgan fingerprint density at radius 1 is 1.18 bits per heavy atom. The molecule has 0 aromatic carbocycles. The molecule has 0 radical (unpaired) electrons. The van der Waals surface area contributed by atoms with Gasteiger partial charge < -0.3 is 9.47 Å². The van der Waals surface area contributed by atoms with Crippen molar-refractivity contribution in [2.24, 2.45) is 0 Å². The van der Waals surface area contributed by atoms with Gasteiger partial charge >= 0.3 is 0 Å². The van der Waals surface area contributed by atoms with Crippen LogP contribution in [0.15, 0.2) is 20.1 Å².